The summed E-state index contributed by atoms with van der Waals surface area (Å²) >= 11 is 5.93. The molecule has 5 heteroatoms. The minimum Gasteiger partial charge on any atom is -0.489 e. The molecule has 0 aromatic heterocycles. The van der Waals surface area contributed by atoms with Crippen molar-refractivity contribution in [2.45, 2.75) is 32.4 Å². The van der Waals surface area contributed by atoms with Gasteiger partial charge >= 0.3 is 0 Å². The molecule has 3 atom stereocenters. The lowest BCUT2D eigenvalue weighted by Gasteiger charge is -2.17. The second kappa shape index (κ2) is 6.84. The van der Waals surface area contributed by atoms with Crippen LogP contribution in [0.25, 0.3) is 0 Å². The lowest BCUT2D eigenvalue weighted by Crippen LogP contribution is -2.43. The third-order valence-corrected chi connectivity index (χ3v) is 3.58. The van der Waals surface area contributed by atoms with Gasteiger partial charge in [-0.25, -0.2) is 0 Å². The Bertz CT molecular complexity index is 478. The summed E-state index contributed by atoms with van der Waals surface area (Å²) in [5.41, 5.74) is 0. The van der Waals surface area contributed by atoms with Gasteiger partial charge in [0.05, 0.1) is 6.54 Å². The second-order valence-electron chi connectivity index (χ2n) is 5.30. The fraction of sp³-hybridized carbons (Fsp3) is 0.533. The van der Waals surface area contributed by atoms with Crippen LogP contribution in [0.15, 0.2) is 29.3 Å². The van der Waals surface area contributed by atoms with Gasteiger partial charge in [0.15, 0.2) is 5.96 Å². The van der Waals surface area contributed by atoms with Crippen LogP contribution < -0.4 is 15.4 Å². The first-order valence-corrected chi connectivity index (χ1v) is 7.35. The zero-order valence-corrected chi connectivity index (χ0v) is 12.9. The van der Waals surface area contributed by atoms with Gasteiger partial charge in [0.25, 0.3) is 0 Å². The van der Waals surface area contributed by atoms with Crippen molar-refractivity contribution in [1.82, 2.24) is 10.6 Å². The van der Waals surface area contributed by atoms with Crippen molar-refractivity contribution in [3.05, 3.63) is 29.3 Å². The van der Waals surface area contributed by atoms with Gasteiger partial charge in [-0.1, -0.05) is 24.6 Å². The number of nitrogens with zero attached hydrogens (tertiary/aromatic N) is 1. The SMILES string of the molecule is CN=C(NCC(C)Oc1cccc(Cl)c1)NC1CC1C. The van der Waals surface area contributed by atoms with Crippen LogP contribution in [0.4, 0.5) is 0 Å². The van der Waals surface area contributed by atoms with E-state index in [-0.39, 0.29) is 6.10 Å². The number of benzene rings is 1. The summed E-state index contributed by atoms with van der Waals surface area (Å²) in [6.07, 6.45) is 1.25. The van der Waals surface area contributed by atoms with Gasteiger partial charge in [-0.15, -0.1) is 0 Å². The Kier molecular flexibility index (Phi) is 5.12. The predicted molar refractivity (Wildman–Crippen MR) is 83.6 cm³/mol. The molecule has 20 heavy (non-hydrogen) atoms. The maximum atomic E-state index is 5.93. The molecule has 1 aromatic carbocycles. The van der Waals surface area contributed by atoms with Crippen LogP contribution in [0, 0.1) is 5.92 Å². The molecule has 1 saturated carbocycles. The van der Waals surface area contributed by atoms with Crippen LogP contribution >= 0.6 is 11.6 Å². The van der Waals surface area contributed by atoms with Gasteiger partial charge < -0.3 is 15.4 Å². The van der Waals surface area contributed by atoms with E-state index in [1.165, 1.54) is 6.42 Å². The monoisotopic (exact) mass is 295 g/mol. The molecular weight excluding hydrogens is 274 g/mol. The first-order valence-electron chi connectivity index (χ1n) is 6.98. The Morgan fingerprint density at radius 3 is 2.90 bits per heavy atom. The standard InChI is InChI=1S/C15H22ClN3O/c1-10-7-14(10)19-15(17-3)18-9-11(2)20-13-6-4-5-12(16)8-13/h4-6,8,10-11,14H,7,9H2,1-3H3,(H2,17,18,19). The van der Waals surface area contributed by atoms with Crippen molar-refractivity contribution in [1.29, 1.82) is 0 Å². The Morgan fingerprint density at radius 1 is 1.55 bits per heavy atom. The average molecular weight is 296 g/mol. The lowest BCUT2D eigenvalue weighted by molar-refractivity contribution is 0.224. The molecule has 0 saturated heterocycles. The molecule has 1 aromatic rings. The lowest BCUT2D eigenvalue weighted by atomic mass is 10.3. The number of nitrogens with one attached hydrogen (secondary N) is 2. The third kappa shape index (κ3) is 4.60. The number of guanidine groups is 1. The van der Waals surface area contributed by atoms with Crippen molar-refractivity contribution in [3.8, 4) is 5.75 Å². The first kappa shape index (κ1) is 15.0. The maximum Gasteiger partial charge on any atom is 0.191 e. The number of hydrogen-bond donors (Lipinski definition) is 2. The number of ether oxygens (including phenoxy) is 1. The Morgan fingerprint density at radius 2 is 2.30 bits per heavy atom. The normalized spacial score (nSPS) is 23.1. The van der Waals surface area contributed by atoms with E-state index in [9.17, 15) is 0 Å². The minimum absolute atomic E-state index is 0.0312. The van der Waals surface area contributed by atoms with Crippen molar-refractivity contribution in [3.63, 3.8) is 0 Å². The van der Waals surface area contributed by atoms with Crippen LogP contribution in [0.1, 0.15) is 20.3 Å². The fourth-order valence-electron chi connectivity index (χ4n) is 1.95. The van der Waals surface area contributed by atoms with Gasteiger partial charge in [0.1, 0.15) is 11.9 Å². The van der Waals surface area contributed by atoms with Crippen molar-refractivity contribution in [2.24, 2.45) is 10.9 Å². The van der Waals surface area contributed by atoms with Crippen LogP contribution in [0.3, 0.4) is 0 Å². The van der Waals surface area contributed by atoms with Crippen molar-refractivity contribution >= 4 is 17.6 Å². The third-order valence-electron chi connectivity index (χ3n) is 3.35. The average Bonchev–Trinajstić information content (AvgIpc) is 3.10. The molecule has 1 aliphatic carbocycles. The summed E-state index contributed by atoms with van der Waals surface area (Å²) in [6.45, 7) is 4.93. The van der Waals surface area contributed by atoms with Gasteiger partial charge in [-0.05, 0) is 37.5 Å². The van der Waals surface area contributed by atoms with Crippen LogP contribution in [-0.4, -0.2) is 31.7 Å². The second-order valence-corrected chi connectivity index (χ2v) is 5.74. The summed E-state index contributed by atoms with van der Waals surface area (Å²) < 4.78 is 5.80. The Balaban J connectivity index is 1.75. The molecule has 2 rings (SSSR count). The fourth-order valence-corrected chi connectivity index (χ4v) is 2.13. The quantitative estimate of drug-likeness (QED) is 0.648. The molecule has 1 aliphatic rings. The highest BCUT2D eigenvalue weighted by Crippen LogP contribution is 2.28. The summed E-state index contributed by atoms with van der Waals surface area (Å²) in [6, 6.07) is 8.00. The molecule has 3 unspecified atom stereocenters. The van der Waals surface area contributed by atoms with E-state index in [4.69, 9.17) is 16.3 Å². The van der Waals surface area contributed by atoms with Crippen LogP contribution in [0.5, 0.6) is 5.75 Å². The van der Waals surface area contributed by atoms with Gasteiger partial charge in [-0.3, -0.25) is 4.99 Å². The predicted octanol–water partition coefficient (Wildman–Crippen LogP) is 2.68. The molecule has 0 aliphatic heterocycles. The van der Waals surface area contributed by atoms with Gasteiger partial charge in [0, 0.05) is 18.1 Å². The van der Waals surface area contributed by atoms with E-state index in [1.807, 2.05) is 31.2 Å². The molecule has 0 radical (unpaired) electrons. The Hall–Kier alpha value is -1.42. The number of aliphatic imine (C=N–C) groups is 1. The Labute approximate surface area is 125 Å². The molecule has 110 valence electrons. The van der Waals surface area contributed by atoms with Crippen molar-refractivity contribution in [2.75, 3.05) is 13.6 Å². The van der Waals surface area contributed by atoms with Crippen LogP contribution in [-0.2, 0) is 0 Å². The highest BCUT2D eigenvalue weighted by molar-refractivity contribution is 6.30. The van der Waals surface area contributed by atoms with E-state index in [0.717, 1.165) is 17.6 Å². The molecule has 4 nitrogen and oxygen atoms in total. The summed E-state index contributed by atoms with van der Waals surface area (Å²) in [4.78, 5) is 4.21. The van der Waals surface area contributed by atoms with Crippen molar-refractivity contribution < 1.29 is 4.74 Å². The van der Waals surface area contributed by atoms with E-state index in [1.54, 1.807) is 7.05 Å². The molecule has 0 spiro atoms. The van der Waals surface area contributed by atoms with Gasteiger partial charge in [0.2, 0.25) is 0 Å². The highest BCUT2D eigenvalue weighted by Gasteiger charge is 2.33. The molecule has 2 N–H and O–H groups in total. The largest absolute Gasteiger partial charge is 0.489 e. The summed E-state index contributed by atoms with van der Waals surface area (Å²) in [7, 11) is 1.78. The number of hydrogen-bond acceptors (Lipinski definition) is 2. The van der Waals surface area contributed by atoms with Gasteiger partial charge in [-0.2, -0.15) is 0 Å². The first-order chi connectivity index (χ1) is 9.58. The smallest absolute Gasteiger partial charge is 0.191 e. The maximum absolute atomic E-state index is 5.93. The van der Waals surface area contributed by atoms with E-state index in [2.05, 4.69) is 22.5 Å². The summed E-state index contributed by atoms with van der Waals surface area (Å²) in [5, 5.41) is 7.34. The zero-order valence-electron chi connectivity index (χ0n) is 12.2. The topological polar surface area (TPSA) is 45.7 Å². The number of halogens is 1. The molecule has 0 bridgehead atoms. The van der Waals surface area contributed by atoms with E-state index < -0.39 is 0 Å². The van der Waals surface area contributed by atoms with E-state index in [0.29, 0.717) is 17.6 Å². The molecule has 0 heterocycles. The summed E-state index contributed by atoms with van der Waals surface area (Å²) in [5.74, 6) is 2.36. The minimum atomic E-state index is 0.0312. The molecular formula is C15H22ClN3O. The highest BCUT2D eigenvalue weighted by atomic mass is 35.5. The number of rotatable bonds is 5. The zero-order chi connectivity index (χ0) is 14.5. The van der Waals surface area contributed by atoms with Crippen LogP contribution in [0.2, 0.25) is 5.02 Å². The van der Waals surface area contributed by atoms with E-state index >= 15 is 0 Å². The molecule has 0 amide bonds. The molecule has 1 fully saturated rings.